The number of carbonyl (C=O) groups is 1. The normalized spacial score (nSPS) is 9.80. The summed E-state index contributed by atoms with van der Waals surface area (Å²) >= 11 is 0. The van der Waals surface area contributed by atoms with Crippen LogP contribution in [0.25, 0.3) is 0 Å². The Kier molecular flexibility index (Phi) is 4.03. The summed E-state index contributed by atoms with van der Waals surface area (Å²) in [5.74, 6) is -1.03. The monoisotopic (exact) mass is 213 g/mol. The van der Waals surface area contributed by atoms with E-state index in [4.69, 9.17) is 9.47 Å². The van der Waals surface area contributed by atoms with Crippen LogP contribution in [0.15, 0.2) is 12.3 Å². The van der Waals surface area contributed by atoms with Gasteiger partial charge in [-0.1, -0.05) is 0 Å². The lowest BCUT2D eigenvalue weighted by atomic mass is 10.2. The number of ether oxygens (including phenoxy) is 2. The summed E-state index contributed by atoms with van der Waals surface area (Å²) in [5.41, 5.74) is 0.562. The van der Waals surface area contributed by atoms with E-state index in [0.29, 0.717) is 12.2 Å². The van der Waals surface area contributed by atoms with Crippen LogP contribution in [-0.4, -0.2) is 24.7 Å². The molecular weight excluding hydrogens is 201 g/mol. The lowest BCUT2D eigenvalue weighted by Gasteiger charge is -2.04. The molecule has 1 heterocycles. The second-order valence-electron chi connectivity index (χ2n) is 2.82. The van der Waals surface area contributed by atoms with Crippen LogP contribution >= 0.6 is 0 Å². The summed E-state index contributed by atoms with van der Waals surface area (Å²) < 4.78 is 22.4. The topological polar surface area (TPSA) is 48.4 Å². The van der Waals surface area contributed by atoms with E-state index in [1.54, 1.807) is 6.92 Å². The van der Waals surface area contributed by atoms with Gasteiger partial charge < -0.3 is 9.47 Å². The van der Waals surface area contributed by atoms with Gasteiger partial charge in [-0.3, -0.25) is 4.79 Å². The Morgan fingerprint density at radius 2 is 2.33 bits per heavy atom. The first-order valence-corrected chi connectivity index (χ1v) is 4.51. The fourth-order valence-corrected chi connectivity index (χ4v) is 1.09. The molecular formula is C10H12FNO3. The molecule has 0 saturated carbocycles. The number of hydrogen-bond donors (Lipinski definition) is 0. The Balaban J connectivity index is 2.74. The zero-order valence-electron chi connectivity index (χ0n) is 8.62. The number of esters is 1. The van der Waals surface area contributed by atoms with Gasteiger partial charge >= 0.3 is 5.97 Å². The third-order valence-corrected chi connectivity index (χ3v) is 1.74. The molecule has 0 aliphatic heterocycles. The smallest absolute Gasteiger partial charge is 0.310 e. The predicted octanol–water partition coefficient (Wildman–Crippen LogP) is 1.33. The molecule has 1 rings (SSSR count). The van der Waals surface area contributed by atoms with Crippen LogP contribution < -0.4 is 4.74 Å². The summed E-state index contributed by atoms with van der Waals surface area (Å²) in [5, 5.41) is 0. The van der Waals surface area contributed by atoms with Gasteiger partial charge in [0.2, 0.25) is 0 Å². The van der Waals surface area contributed by atoms with Crippen molar-refractivity contribution >= 4 is 5.97 Å². The van der Waals surface area contributed by atoms with E-state index < -0.39 is 5.95 Å². The molecule has 15 heavy (non-hydrogen) atoms. The maximum Gasteiger partial charge on any atom is 0.310 e. The number of rotatable bonds is 4. The molecule has 0 bridgehead atoms. The van der Waals surface area contributed by atoms with E-state index >= 15 is 0 Å². The second kappa shape index (κ2) is 5.29. The van der Waals surface area contributed by atoms with Crippen LogP contribution in [0, 0.1) is 5.95 Å². The van der Waals surface area contributed by atoms with E-state index in [1.165, 1.54) is 19.4 Å². The number of carbonyl (C=O) groups excluding carboxylic acids is 1. The van der Waals surface area contributed by atoms with E-state index in [-0.39, 0.29) is 18.1 Å². The molecule has 0 aliphatic rings. The zero-order valence-corrected chi connectivity index (χ0v) is 8.62. The van der Waals surface area contributed by atoms with Crippen molar-refractivity contribution in [2.45, 2.75) is 13.3 Å². The van der Waals surface area contributed by atoms with Crippen molar-refractivity contribution in [1.82, 2.24) is 4.98 Å². The van der Waals surface area contributed by atoms with Gasteiger partial charge in [-0.15, -0.1) is 0 Å². The van der Waals surface area contributed by atoms with E-state index in [0.717, 1.165) is 0 Å². The first kappa shape index (κ1) is 11.4. The number of methoxy groups -OCH3 is 1. The SMILES string of the molecule is CCOC(=O)Cc1cnc(F)c(OC)c1. The highest BCUT2D eigenvalue weighted by molar-refractivity contribution is 5.72. The molecule has 0 aromatic carbocycles. The highest BCUT2D eigenvalue weighted by Crippen LogP contribution is 2.16. The van der Waals surface area contributed by atoms with Gasteiger partial charge in [0.25, 0.3) is 5.95 Å². The van der Waals surface area contributed by atoms with Crippen molar-refractivity contribution in [3.63, 3.8) is 0 Å². The van der Waals surface area contributed by atoms with Crippen molar-refractivity contribution in [2.75, 3.05) is 13.7 Å². The molecule has 0 unspecified atom stereocenters. The average molecular weight is 213 g/mol. The van der Waals surface area contributed by atoms with Crippen LogP contribution in [0.3, 0.4) is 0 Å². The molecule has 0 spiro atoms. The minimum Gasteiger partial charge on any atom is -0.492 e. The Hall–Kier alpha value is -1.65. The van der Waals surface area contributed by atoms with Crippen LogP contribution in [0.2, 0.25) is 0 Å². The number of halogens is 1. The molecule has 0 N–H and O–H groups in total. The molecule has 1 aromatic rings. The zero-order chi connectivity index (χ0) is 11.3. The van der Waals surface area contributed by atoms with E-state index in [9.17, 15) is 9.18 Å². The molecule has 0 aliphatic carbocycles. The third-order valence-electron chi connectivity index (χ3n) is 1.74. The number of aromatic nitrogens is 1. The van der Waals surface area contributed by atoms with Gasteiger partial charge in [-0.25, -0.2) is 4.98 Å². The highest BCUT2D eigenvalue weighted by atomic mass is 19.1. The maximum atomic E-state index is 12.9. The molecule has 0 amide bonds. The average Bonchev–Trinajstić information content (AvgIpc) is 2.21. The van der Waals surface area contributed by atoms with Gasteiger partial charge in [0.05, 0.1) is 20.1 Å². The van der Waals surface area contributed by atoms with Crippen LogP contribution in [0.4, 0.5) is 4.39 Å². The highest BCUT2D eigenvalue weighted by Gasteiger charge is 2.08. The Morgan fingerprint density at radius 1 is 1.60 bits per heavy atom. The molecule has 1 aromatic heterocycles. The molecule has 82 valence electrons. The first-order valence-electron chi connectivity index (χ1n) is 4.51. The summed E-state index contributed by atoms with van der Waals surface area (Å²) in [6.45, 7) is 2.05. The predicted molar refractivity (Wildman–Crippen MR) is 51.1 cm³/mol. The van der Waals surface area contributed by atoms with Crippen molar-refractivity contribution in [2.24, 2.45) is 0 Å². The van der Waals surface area contributed by atoms with Crippen molar-refractivity contribution in [3.8, 4) is 5.75 Å². The first-order chi connectivity index (χ1) is 7.17. The Bertz CT molecular complexity index is 355. The molecule has 5 heteroatoms. The summed E-state index contributed by atoms with van der Waals surface area (Å²) in [4.78, 5) is 14.6. The fraction of sp³-hybridized carbons (Fsp3) is 0.400. The number of hydrogen-bond acceptors (Lipinski definition) is 4. The Labute approximate surface area is 87.0 Å². The molecule has 0 saturated heterocycles. The van der Waals surface area contributed by atoms with Gasteiger partial charge in [0, 0.05) is 6.20 Å². The standard InChI is InChI=1S/C10H12FNO3/c1-3-15-9(13)5-7-4-8(14-2)10(11)12-6-7/h4,6H,3,5H2,1-2H3. The number of nitrogens with zero attached hydrogens (tertiary/aromatic N) is 1. The van der Waals surface area contributed by atoms with Crippen LogP contribution in [-0.2, 0) is 16.0 Å². The van der Waals surface area contributed by atoms with Gasteiger partial charge in [0.15, 0.2) is 5.75 Å². The lowest BCUT2D eigenvalue weighted by molar-refractivity contribution is -0.142. The van der Waals surface area contributed by atoms with E-state index in [1.807, 2.05) is 0 Å². The van der Waals surface area contributed by atoms with Crippen LogP contribution in [0.5, 0.6) is 5.75 Å². The second-order valence-corrected chi connectivity index (χ2v) is 2.82. The summed E-state index contributed by atoms with van der Waals surface area (Å²) in [6.07, 6.45) is 1.35. The maximum absolute atomic E-state index is 12.9. The largest absolute Gasteiger partial charge is 0.492 e. The number of pyridine rings is 1. The van der Waals surface area contributed by atoms with Gasteiger partial charge in [-0.2, -0.15) is 4.39 Å². The molecule has 0 atom stereocenters. The molecule has 0 fully saturated rings. The lowest BCUT2D eigenvalue weighted by Crippen LogP contribution is -2.08. The molecule has 4 nitrogen and oxygen atoms in total. The van der Waals surface area contributed by atoms with Crippen molar-refractivity contribution < 1.29 is 18.7 Å². The fourth-order valence-electron chi connectivity index (χ4n) is 1.09. The third kappa shape index (κ3) is 3.19. The summed E-state index contributed by atoms with van der Waals surface area (Å²) in [7, 11) is 1.34. The van der Waals surface area contributed by atoms with Crippen molar-refractivity contribution in [1.29, 1.82) is 0 Å². The van der Waals surface area contributed by atoms with Crippen LogP contribution in [0.1, 0.15) is 12.5 Å². The molecule has 0 radical (unpaired) electrons. The van der Waals surface area contributed by atoms with Gasteiger partial charge in [0.1, 0.15) is 0 Å². The van der Waals surface area contributed by atoms with Crippen molar-refractivity contribution in [3.05, 3.63) is 23.8 Å². The van der Waals surface area contributed by atoms with E-state index in [2.05, 4.69) is 4.98 Å². The Morgan fingerprint density at radius 3 is 2.93 bits per heavy atom. The minimum atomic E-state index is -0.690. The quantitative estimate of drug-likeness (QED) is 0.559. The van der Waals surface area contributed by atoms with Gasteiger partial charge in [-0.05, 0) is 18.6 Å². The minimum absolute atomic E-state index is 0.0248. The summed E-state index contributed by atoms with van der Waals surface area (Å²) in [6, 6.07) is 1.43.